The fraction of sp³-hybridized carbons (Fsp3) is 0.143. The van der Waals surface area contributed by atoms with E-state index in [1.807, 2.05) is 6.92 Å². The summed E-state index contributed by atoms with van der Waals surface area (Å²) in [5.74, 6) is 0.225. The van der Waals surface area contributed by atoms with Gasteiger partial charge in [0.25, 0.3) is 5.91 Å². The Balaban J connectivity index is 2.23. The van der Waals surface area contributed by atoms with Crippen LogP contribution >= 0.6 is 11.6 Å². The van der Waals surface area contributed by atoms with Gasteiger partial charge >= 0.3 is 0 Å². The van der Waals surface area contributed by atoms with Gasteiger partial charge in [0.05, 0.1) is 23.5 Å². The quantitative estimate of drug-likeness (QED) is 0.849. The molecule has 0 unspecified atom stereocenters. The maximum absolute atomic E-state index is 12.2. The second kappa shape index (κ2) is 6.25. The number of benzene rings is 1. The van der Waals surface area contributed by atoms with Crippen LogP contribution in [0.2, 0.25) is 5.02 Å². The van der Waals surface area contributed by atoms with Crippen LogP contribution in [0.5, 0.6) is 5.75 Å². The molecule has 5 nitrogen and oxygen atoms in total. The first-order valence-corrected chi connectivity index (χ1v) is 6.42. The molecule has 104 valence electrons. The van der Waals surface area contributed by atoms with Crippen molar-refractivity contribution >= 4 is 28.9 Å². The molecular weight excluding hydrogens is 278 g/mol. The Labute approximate surface area is 121 Å². The Morgan fingerprint density at radius 1 is 1.45 bits per heavy atom. The normalized spacial score (nSPS) is 10.1. The summed E-state index contributed by atoms with van der Waals surface area (Å²) in [5, 5.41) is 3.10. The third-order valence-corrected chi connectivity index (χ3v) is 2.85. The van der Waals surface area contributed by atoms with Gasteiger partial charge in [-0.2, -0.15) is 0 Å². The number of ether oxygens (including phenoxy) is 1. The lowest BCUT2D eigenvalue weighted by atomic mass is 10.1. The van der Waals surface area contributed by atoms with Crippen LogP contribution in [0.1, 0.15) is 17.3 Å². The van der Waals surface area contributed by atoms with E-state index in [1.165, 1.54) is 6.20 Å². The third-order valence-electron chi connectivity index (χ3n) is 2.52. The Morgan fingerprint density at radius 3 is 2.95 bits per heavy atom. The lowest BCUT2D eigenvalue weighted by Crippen LogP contribution is -2.13. The van der Waals surface area contributed by atoms with Crippen molar-refractivity contribution in [2.24, 2.45) is 0 Å². The van der Waals surface area contributed by atoms with Crippen molar-refractivity contribution in [1.29, 1.82) is 0 Å². The van der Waals surface area contributed by atoms with Crippen LogP contribution < -0.4 is 15.8 Å². The minimum Gasteiger partial charge on any atom is -0.494 e. The molecule has 0 saturated carbocycles. The predicted octanol–water partition coefficient (Wildman–Crippen LogP) is 2.97. The van der Waals surface area contributed by atoms with Crippen molar-refractivity contribution in [3.05, 3.63) is 47.2 Å². The summed E-state index contributed by atoms with van der Waals surface area (Å²) >= 11 is 5.96. The average molecular weight is 292 g/mol. The molecule has 0 aliphatic carbocycles. The summed E-state index contributed by atoms with van der Waals surface area (Å²) in [6, 6.07) is 6.46. The van der Waals surface area contributed by atoms with Crippen LogP contribution in [0.3, 0.4) is 0 Å². The number of nitrogens with two attached hydrogens (primary N) is 1. The SMILES string of the molecule is CCOc1cc(N)cc(C(=O)Nc2cnccc2Cl)c1. The molecule has 1 aromatic carbocycles. The predicted molar refractivity (Wildman–Crippen MR) is 79.2 cm³/mol. The second-order valence-electron chi connectivity index (χ2n) is 4.03. The van der Waals surface area contributed by atoms with E-state index < -0.39 is 0 Å². The number of nitrogens with zero attached hydrogens (tertiary/aromatic N) is 1. The number of nitrogens with one attached hydrogen (secondary N) is 1. The standard InChI is InChI=1S/C14H14ClN3O2/c1-2-20-11-6-9(5-10(16)7-11)14(19)18-13-8-17-4-3-12(13)15/h3-8H,2,16H2,1H3,(H,18,19). The van der Waals surface area contributed by atoms with Crippen molar-refractivity contribution in [2.45, 2.75) is 6.92 Å². The topological polar surface area (TPSA) is 77.2 Å². The zero-order valence-electron chi connectivity index (χ0n) is 10.9. The number of carbonyl (C=O) groups is 1. The van der Waals surface area contributed by atoms with E-state index in [-0.39, 0.29) is 5.91 Å². The summed E-state index contributed by atoms with van der Waals surface area (Å²) in [7, 11) is 0. The number of anilines is 2. The highest BCUT2D eigenvalue weighted by Gasteiger charge is 2.10. The molecule has 0 radical (unpaired) electrons. The number of rotatable bonds is 4. The Bertz CT molecular complexity index is 632. The van der Waals surface area contributed by atoms with E-state index in [0.29, 0.717) is 34.3 Å². The summed E-state index contributed by atoms with van der Waals surface area (Å²) in [6.07, 6.45) is 3.03. The molecule has 0 aliphatic rings. The molecule has 1 aromatic heterocycles. The van der Waals surface area contributed by atoms with Crippen LogP contribution in [0.25, 0.3) is 0 Å². The molecule has 1 heterocycles. The van der Waals surface area contributed by atoms with Gasteiger partial charge in [-0.1, -0.05) is 11.6 Å². The minimum atomic E-state index is -0.326. The molecule has 0 aliphatic heterocycles. The maximum Gasteiger partial charge on any atom is 0.255 e. The molecule has 0 bridgehead atoms. The van der Waals surface area contributed by atoms with E-state index in [2.05, 4.69) is 10.3 Å². The van der Waals surface area contributed by atoms with Crippen LogP contribution in [-0.4, -0.2) is 17.5 Å². The highest BCUT2D eigenvalue weighted by Crippen LogP contribution is 2.22. The fourth-order valence-electron chi connectivity index (χ4n) is 1.67. The molecule has 0 saturated heterocycles. The molecule has 2 aromatic rings. The van der Waals surface area contributed by atoms with E-state index in [9.17, 15) is 4.79 Å². The first-order valence-electron chi connectivity index (χ1n) is 6.04. The van der Waals surface area contributed by atoms with Gasteiger partial charge in [-0.3, -0.25) is 9.78 Å². The van der Waals surface area contributed by atoms with Crippen molar-refractivity contribution in [1.82, 2.24) is 4.98 Å². The molecule has 3 N–H and O–H groups in total. The van der Waals surface area contributed by atoms with Crippen LogP contribution in [0, 0.1) is 0 Å². The number of pyridine rings is 1. The molecule has 6 heteroatoms. The molecular formula is C14H14ClN3O2. The van der Waals surface area contributed by atoms with Crippen molar-refractivity contribution < 1.29 is 9.53 Å². The van der Waals surface area contributed by atoms with Gasteiger partial charge in [-0.25, -0.2) is 0 Å². The maximum atomic E-state index is 12.2. The average Bonchev–Trinajstić information content (AvgIpc) is 2.41. The van der Waals surface area contributed by atoms with Gasteiger partial charge in [0.2, 0.25) is 0 Å². The van der Waals surface area contributed by atoms with Gasteiger partial charge in [-0.15, -0.1) is 0 Å². The van der Waals surface area contributed by atoms with Gasteiger partial charge in [0, 0.05) is 23.5 Å². The number of carbonyl (C=O) groups excluding carboxylic acids is 1. The molecule has 2 rings (SSSR count). The van der Waals surface area contributed by atoms with Crippen molar-refractivity contribution in [3.63, 3.8) is 0 Å². The smallest absolute Gasteiger partial charge is 0.255 e. The third kappa shape index (κ3) is 3.39. The van der Waals surface area contributed by atoms with E-state index >= 15 is 0 Å². The van der Waals surface area contributed by atoms with Crippen molar-refractivity contribution in [3.8, 4) is 5.75 Å². The molecule has 0 fully saturated rings. The summed E-state index contributed by atoms with van der Waals surface area (Å²) in [6.45, 7) is 2.36. The van der Waals surface area contributed by atoms with Crippen LogP contribution in [0.4, 0.5) is 11.4 Å². The van der Waals surface area contributed by atoms with Gasteiger partial charge in [-0.05, 0) is 25.1 Å². The number of halogens is 1. The largest absolute Gasteiger partial charge is 0.494 e. The summed E-state index contributed by atoms with van der Waals surface area (Å²) < 4.78 is 5.35. The highest BCUT2D eigenvalue weighted by molar-refractivity contribution is 6.33. The molecule has 0 atom stereocenters. The number of aromatic nitrogens is 1. The van der Waals surface area contributed by atoms with Gasteiger partial charge in [0.15, 0.2) is 0 Å². The zero-order valence-corrected chi connectivity index (χ0v) is 11.6. The lowest BCUT2D eigenvalue weighted by Gasteiger charge is -2.09. The van der Waals surface area contributed by atoms with Crippen LogP contribution in [0.15, 0.2) is 36.7 Å². The van der Waals surface area contributed by atoms with E-state index in [0.717, 1.165) is 0 Å². The minimum absolute atomic E-state index is 0.326. The molecule has 1 amide bonds. The summed E-state index contributed by atoms with van der Waals surface area (Å²) in [4.78, 5) is 16.1. The Hall–Kier alpha value is -2.27. The van der Waals surface area contributed by atoms with Gasteiger partial charge < -0.3 is 15.8 Å². The van der Waals surface area contributed by atoms with Crippen molar-refractivity contribution in [2.75, 3.05) is 17.7 Å². The fourth-order valence-corrected chi connectivity index (χ4v) is 1.82. The molecule has 0 spiro atoms. The monoisotopic (exact) mass is 291 g/mol. The second-order valence-corrected chi connectivity index (χ2v) is 4.44. The van der Waals surface area contributed by atoms with Gasteiger partial charge in [0.1, 0.15) is 5.75 Å². The van der Waals surface area contributed by atoms with Crippen LogP contribution in [-0.2, 0) is 0 Å². The number of nitrogen functional groups attached to an aromatic ring is 1. The molecule has 20 heavy (non-hydrogen) atoms. The number of hydrogen-bond donors (Lipinski definition) is 2. The highest BCUT2D eigenvalue weighted by atomic mass is 35.5. The summed E-state index contributed by atoms with van der Waals surface area (Å²) in [5.41, 5.74) is 7.05. The Morgan fingerprint density at radius 2 is 2.25 bits per heavy atom. The van der Waals surface area contributed by atoms with E-state index in [1.54, 1.807) is 30.5 Å². The first-order chi connectivity index (χ1) is 9.60. The number of hydrogen-bond acceptors (Lipinski definition) is 4. The first kappa shape index (κ1) is 14.1. The van der Waals surface area contributed by atoms with E-state index in [4.69, 9.17) is 22.1 Å². The lowest BCUT2D eigenvalue weighted by molar-refractivity contribution is 0.102. The number of amides is 1. The zero-order chi connectivity index (χ0) is 14.5. The Kier molecular flexibility index (Phi) is 4.42.